The lowest BCUT2D eigenvalue weighted by atomic mass is 9.90. The van der Waals surface area contributed by atoms with Gasteiger partial charge < -0.3 is 14.8 Å². The molecule has 0 aliphatic carbocycles. The van der Waals surface area contributed by atoms with Gasteiger partial charge in [0.15, 0.2) is 11.5 Å². The highest BCUT2D eigenvalue weighted by molar-refractivity contribution is 7.10. The van der Waals surface area contributed by atoms with Gasteiger partial charge in [-0.25, -0.2) is 0 Å². The molecule has 0 saturated carbocycles. The molecule has 0 bridgehead atoms. The summed E-state index contributed by atoms with van der Waals surface area (Å²) in [7, 11) is 1.63. The first-order chi connectivity index (χ1) is 10.6. The fourth-order valence-electron chi connectivity index (χ4n) is 2.70. The zero-order valence-electron chi connectivity index (χ0n) is 12.9. The first-order valence-corrected chi connectivity index (χ1v) is 8.18. The molecular weight excluding hydrogens is 298 g/mol. The molecule has 2 aromatic rings. The molecule has 0 fully saturated rings. The lowest BCUT2D eigenvalue weighted by molar-refractivity contribution is -0.116. The average molecular weight is 317 g/mol. The quantitative estimate of drug-likeness (QED) is 0.926. The van der Waals surface area contributed by atoms with Crippen molar-refractivity contribution in [2.45, 2.75) is 32.3 Å². The second-order valence-corrected chi connectivity index (χ2v) is 6.53. The lowest BCUT2D eigenvalue weighted by Gasteiger charge is -2.24. The van der Waals surface area contributed by atoms with E-state index >= 15 is 0 Å². The van der Waals surface area contributed by atoms with Crippen LogP contribution in [0.2, 0.25) is 0 Å². The van der Waals surface area contributed by atoms with Gasteiger partial charge in [-0.2, -0.15) is 0 Å². The van der Waals surface area contributed by atoms with Crippen LogP contribution in [0, 0.1) is 0 Å². The number of nitrogens with one attached hydrogen (secondary N) is 1. The van der Waals surface area contributed by atoms with E-state index in [9.17, 15) is 4.79 Å². The Bertz CT molecular complexity index is 693. The predicted octanol–water partition coefficient (Wildman–Crippen LogP) is 4.02. The number of amides is 1. The average Bonchev–Trinajstić information content (AvgIpc) is 2.93. The van der Waals surface area contributed by atoms with Gasteiger partial charge in [0, 0.05) is 17.2 Å². The SMILES string of the molecule is COc1ccc(C2CC(=O)Nc3ccsc32)cc1OC(C)C. The number of carbonyl (C=O) groups is 1. The number of methoxy groups -OCH3 is 1. The van der Waals surface area contributed by atoms with Gasteiger partial charge in [-0.15, -0.1) is 11.3 Å². The Morgan fingerprint density at radius 3 is 2.82 bits per heavy atom. The number of carbonyl (C=O) groups excluding carboxylic acids is 1. The lowest BCUT2D eigenvalue weighted by Crippen LogP contribution is -2.22. The normalized spacial score (nSPS) is 17.1. The molecule has 1 aliphatic heterocycles. The number of thiophene rings is 1. The standard InChI is InChI=1S/C17H19NO3S/c1-10(2)21-15-8-11(4-5-14(15)20-3)12-9-16(19)18-13-6-7-22-17(12)13/h4-8,10,12H,9H2,1-3H3,(H,18,19). The molecule has 1 aliphatic rings. The van der Waals surface area contributed by atoms with Crippen molar-refractivity contribution in [1.29, 1.82) is 0 Å². The van der Waals surface area contributed by atoms with Crippen molar-refractivity contribution in [2.75, 3.05) is 12.4 Å². The highest BCUT2D eigenvalue weighted by Crippen LogP contribution is 2.42. The summed E-state index contributed by atoms with van der Waals surface area (Å²) in [6.45, 7) is 3.97. The molecule has 2 heterocycles. The summed E-state index contributed by atoms with van der Waals surface area (Å²) in [5.41, 5.74) is 2.00. The second-order valence-electron chi connectivity index (χ2n) is 5.58. The van der Waals surface area contributed by atoms with Gasteiger partial charge in [0.2, 0.25) is 5.91 Å². The van der Waals surface area contributed by atoms with Crippen molar-refractivity contribution < 1.29 is 14.3 Å². The van der Waals surface area contributed by atoms with E-state index in [1.807, 2.05) is 43.5 Å². The Kier molecular flexibility index (Phi) is 4.07. The van der Waals surface area contributed by atoms with Gasteiger partial charge in [0.25, 0.3) is 0 Å². The van der Waals surface area contributed by atoms with Crippen LogP contribution in [0.4, 0.5) is 5.69 Å². The Balaban J connectivity index is 2.00. The maximum Gasteiger partial charge on any atom is 0.225 e. The van der Waals surface area contributed by atoms with Gasteiger partial charge in [-0.3, -0.25) is 4.79 Å². The molecule has 1 aromatic heterocycles. The molecule has 1 aromatic carbocycles. The number of benzene rings is 1. The zero-order valence-corrected chi connectivity index (χ0v) is 13.7. The molecule has 22 heavy (non-hydrogen) atoms. The first kappa shape index (κ1) is 14.9. The molecule has 5 heteroatoms. The minimum Gasteiger partial charge on any atom is -0.493 e. The van der Waals surface area contributed by atoms with Crippen LogP contribution < -0.4 is 14.8 Å². The zero-order chi connectivity index (χ0) is 15.7. The van der Waals surface area contributed by atoms with E-state index < -0.39 is 0 Å². The summed E-state index contributed by atoms with van der Waals surface area (Å²) in [4.78, 5) is 13.1. The van der Waals surface area contributed by atoms with Crippen LogP contribution in [0.1, 0.15) is 36.6 Å². The van der Waals surface area contributed by atoms with E-state index in [0.29, 0.717) is 12.2 Å². The highest BCUT2D eigenvalue weighted by Gasteiger charge is 2.28. The second kappa shape index (κ2) is 6.01. The monoisotopic (exact) mass is 317 g/mol. The van der Waals surface area contributed by atoms with Crippen LogP contribution in [0.15, 0.2) is 29.6 Å². The summed E-state index contributed by atoms with van der Waals surface area (Å²) in [6, 6.07) is 7.87. The van der Waals surface area contributed by atoms with E-state index in [1.165, 1.54) is 4.88 Å². The molecule has 1 amide bonds. The Morgan fingerprint density at radius 2 is 2.09 bits per heavy atom. The van der Waals surface area contributed by atoms with Crippen molar-refractivity contribution >= 4 is 22.9 Å². The molecule has 3 rings (SSSR count). The maximum atomic E-state index is 11.9. The van der Waals surface area contributed by atoms with Crippen molar-refractivity contribution in [1.82, 2.24) is 0 Å². The summed E-state index contributed by atoms with van der Waals surface area (Å²) < 4.78 is 11.2. The van der Waals surface area contributed by atoms with Gasteiger partial charge in [0.05, 0.1) is 18.9 Å². The fourth-order valence-corrected chi connectivity index (χ4v) is 3.68. The van der Waals surface area contributed by atoms with Gasteiger partial charge in [-0.1, -0.05) is 6.07 Å². The van der Waals surface area contributed by atoms with E-state index in [2.05, 4.69) is 5.32 Å². The summed E-state index contributed by atoms with van der Waals surface area (Å²) in [5, 5.41) is 4.94. The van der Waals surface area contributed by atoms with Crippen LogP contribution in [0.5, 0.6) is 11.5 Å². The molecule has 0 saturated heterocycles. The highest BCUT2D eigenvalue weighted by atomic mass is 32.1. The van der Waals surface area contributed by atoms with Crippen molar-refractivity contribution in [3.05, 3.63) is 40.1 Å². The topological polar surface area (TPSA) is 47.6 Å². The number of fused-ring (bicyclic) bond motifs is 1. The predicted molar refractivity (Wildman–Crippen MR) is 88.2 cm³/mol. The number of hydrogen-bond donors (Lipinski definition) is 1. The summed E-state index contributed by atoms with van der Waals surface area (Å²) >= 11 is 1.67. The number of anilines is 1. The van der Waals surface area contributed by atoms with Crippen LogP contribution in [0.3, 0.4) is 0 Å². The Morgan fingerprint density at radius 1 is 1.27 bits per heavy atom. The minimum absolute atomic E-state index is 0.0537. The van der Waals surface area contributed by atoms with Gasteiger partial charge in [-0.05, 0) is 43.0 Å². The van der Waals surface area contributed by atoms with Gasteiger partial charge >= 0.3 is 0 Å². The Labute approximate surface area is 134 Å². The fraction of sp³-hybridized carbons (Fsp3) is 0.353. The van der Waals surface area contributed by atoms with E-state index in [4.69, 9.17) is 9.47 Å². The van der Waals surface area contributed by atoms with Crippen LogP contribution in [-0.4, -0.2) is 19.1 Å². The van der Waals surface area contributed by atoms with E-state index in [-0.39, 0.29) is 17.9 Å². The number of rotatable bonds is 4. The number of ether oxygens (including phenoxy) is 2. The third-order valence-corrected chi connectivity index (χ3v) is 4.66. The largest absolute Gasteiger partial charge is 0.493 e. The molecule has 0 spiro atoms. The smallest absolute Gasteiger partial charge is 0.225 e. The van der Waals surface area contributed by atoms with Crippen molar-refractivity contribution in [3.8, 4) is 11.5 Å². The molecule has 0 radical (unpaired) electrons. The van der Waals surface area contributed by atoms with Crippen LogP contribution >= 0.6 is 11.3 Å². The molecular formula is C17H19NO3S. The maximum absolute atomic E-state index is 11.9. The Hall–Kier alpha value is -2.01. The molecule has 1 atom stereocenters. The number of hydrogen-bond acceptors (Lipinski definition) is 4. The summed E-state index contributed by atoms with van der Waals surface area (Å²) in [6.07, 6.45) is 0.525. The van der Waals surface area contributed by atoms with E-state index in [1.54, 1.807) is 18.4 Å². The van der Waals surface area contributed by atoms with Crippen molar-refractivity contribution in [2.24, 2.45) is 0 Å². The van der Waals surface area contributed by atoms with Crippen molar-refractivity contribution in [3.63, 3.8) is 0 Å². The third kappa shape index (κ3) is 2.81. The minimum atomic E-state index is 0.0537. The van der Waals surface area contributed by atoms with Crippen LogP contribution in [-0.2, 0) is 4.79 Å². The van der Waals surface area contributed by atoms with Gasteiger partial charge in [0.1, 0.15) is 0 Å². The first-order valence-electron chi connectivity index (χ1n) is 7.30. The molecule has 4 nitrogen and oxygen atoms in total. The van der Waals surface area contributed by atoms with E-state index in [0.717, 1.165) is 17.0 Å². The molecule has 116 valence electrons. The molecule has 1 N–H and O–H groups in total. The van der Waals surface area contributed by atoms with Crippen LogP contribution in [0.25, 0.3) is 0 Å². The molecule has 1 unspecified atom stereocenters. The third-order valence-electron chi connectivity index (χ3n) is 3.63. The summed E-state index contributed by atoms with van der Waals surface area (Å²) in [5.74, 6) is 1.56.